The summed E-state index contributed by atoms with van der Waals surface area (Å²) >= 11 is 0. The van der Waals surface area contributed by atoms with Crippen molar-refractivity contribution >= 4 is 5.97 Å². The smallest absolute Gasteiger partial charge is 0.309 e. The number of hydrogen-bond donors (Lipinski definition) is 1. The van der Waals surface area contributed by atoms with Gasteiger partial charge in [-0.3, -0.25) is 4.79 Å². The van der Waals surface area contributed by atoms with Crippen molar-refractivity contribution in [1.29, 1.82) is 0 Å². The maximum Gasteiger partial charge on any atom is 0.309 e. The number of fused-ring (bicyclic) bond motifs is 1. The number of cyclic esters (lactones) is 1. The van der Waals surface area contributed by atoms with E-state index in [1.54, 1.807) is 0 Å². The molecule has 19 heavy (non-hydrogen) atoms. The number of ether oxygens (including phenoxy) is 1. The van der Waals surface area contributed by atoms with E-state index in [-0.39, 0.29) is 17.8 Å². The van der Waals surface area contributed by atoms with Crippen LogP contribution in [0.1, 0.15) is 58.8 Å². The Morgan fingerprint density at radius 3 is 2.74 bits per heavy atom. The molecule has 3 fully saturated rings. The van der Waals surface area contributed by atoms with Crippen molar-refractivity contribution in [1.82, 2.24) is 0 Å². The van der Waals surface area contributed by atoms with E-state index in [9.17, 15) is 9.90 Å². The first-order valence-electron chi connectivity index (χ1n) is 7.79. The Bertz CT molecular complexity index is 376. The van der Waals surface area contributed by atoms with Crippen LogP contribution in [-0.2, 0) is 9.53 Å². The Morgan fingerprint density at radius 1 is 1.21 bits per heavy atom. The summed E-state index contributed by atoms with van der Waals surface area (Å²) in [6.07, 6.45) is 7.13. The highest BCUT2D eigenvalue weighted by atomic mass is 16.5. The number of aliphatic hydroxyl groups is 1. The molecule has 0 aromatic rings. The SMILES string of the molecule is CC1(C)CCCC([C@@]2(O)CC[C@H]3C(=O)OC[C@H]3C2)C1. The van der Waals surface area contributed by atoms with Crippen LogP contribution in [0.2, 0.25) is 0 Å². The van der Waals surface area contributed by atoms with Gasteiger partial charge in [-0.1, -0.05) is 20.3 Å². The number of rotatable bonds is 1. The number of esters is 1. The highest BCUT2D eigenvalue weighted by Gasteiger charge is 2.51. The van der Waals surface area contributed by atoms with Crippen LogP contribution >= 0.6 is 0 Å². The molecule has 4 atom stereocenters. The fourth-order valence-corrected chi connectivity index (χ4v) is 4.65. The third-order valence-electron chi connectivity index (χ3n) is 5.78. The largest absolute Gasteiger partial charge is 0.465 e. The summed E-state index contributed by atoms with van der Waals surface area (Å²) in [5.74, 6) is 0.706. The van der Waals surface area contributed by atoms with Crippen molar-refractivity contribution in [2.45, 2.75) is 64.4 Å². The molecule has 1 aliphatic heterocycles. The normalized spacial score (nSPS) is 45.6. The van der Waals surface area contributed by atoms with Gasteiger partial charge in [0, 0.05) is 5.92 Å². The standard InChI is InChI=1S/C16H26O3/c1-15(2)6-3-4-12(9-15)16(18)7-5-13-11(8-16)10-19-14(13)17/h11-13,18H,3-10H2,1-2H3/t11-,12?,13-,16-/m1/s1. The van der Waals surface area contributed by atoms with Gasteiger partial charge in [-0.05, 0) is 49.9 Å². The Morgan fingerprint density at radius 2 is 2.00 bits per heavy atom. The first kappa shape index (κ1) is 13.4. The minimum absolute atomic E-state index is 0.0315. The van der Waals surface area contributed by atoms with E-state index in [4.69, 9.17) is 4.74 Å². The lowest BCUT2D eigenvalue weighted by atomic mass is 9.60. The fourth-order valence-electron chi connectivity index (χ4n) is 4.65. The summed E-state index contributed by atoms with van der Waals surface area (Å²) in [5, 5.41) is 11.1. The Hall–Kier alpha value is -0.570. The van der Waals surface area contributed by atoms with E-state index in [0.717, 1.165) is 32.1 Å². The molecule has 0 aromatic heterocycles. The maximum atomic E-state index is 11.6. The van der Waals surface area contributed by atoms with Crippen molar-refractivity contribution < 1.29 is 14.6 Å². The summed E-state index contributed by atoms with van der Waals surface area (Å²) in [7, 11) is 0. The predicted molar refractivity (Wildman–Crippen MR) is 72.5 cm³/mol. The Balaban J connectivity index is 1.72. The molecule has 1 heterocycles. The van der Waals surface area contributed by atoms with Gasteiger partial charge >= 0.3 is 5.97 Å². The average Bonchev–Trinajstić information content (AvgIpc) is 2.69. The molecular formula is C16H26O3. The van der Waals surface area contributed by atoms with E-state index in [1.165, 1.54) is 12.8 Å². The molecule has 1 saturated heterocycles. The van der Waals surface area contributed by atoms with Crippen LogP contribution in [0.3, 0.4) is 0 Å². The Labute approximate surface area is 115 Å². The molecule has 0 radical (unpaired) electrons. The van der Waals surface area contributed by atoms with E-state index in [1.807, 2.05) is 0 Å². The molecule has 3 heteroatoms. The lowest BCUT2D eigenvalue weighted by Crippen LogP contribution is -2.47. The zero-order valence-corrected chi connectivity index (χ0v) is 12.2. The van der Waals surface area contributed by atoms with Crippen LogP contribution in [0.5, 0.6) is 0 Å². The molecule has 1 unspecified atom stereocenters. The molecular weight excluding hydrogens is 240 g/mol. The van der Waals surface area contributed by atoms with Gasteiger partial charge in [-0.2, -0.15) is 0 Å². The van der Waals surface area contributed by atoms with Crippen molar-refractivity contribution in [3.05, 3.63) is 0 Å². The fraction of sp³-hybridized carbons (Fsp3) is 0.938. The predicted octanol–water partition coefficient (Wildman–Crippen LogP) is 2.91. The van der Waals surface area contributed by atoms with Crippen LogP contribution < -0.4 is 0 Å². The lowest BCUT2D eigenvalue weighted by molar-refractivity contribution is -0.143. The van der Waals surface area contributed by atoms with Gasteiger partial charge in [0.05, 0.1) is 18.1 Å². The average molecular weight is 266 g/mol. The minimum Gasteiger partial charge on any atom is -0.465 e. The molecule has 0 bridgehead atoms. The van der Waals surface area contributed by atoms with Crippen LogP contribution in [0.4, 0.5) is 0 Å². The Kier molecular flexibility index (Phi) is 3.16. The van der Waals surface area contributed by atoms with E-state index in [2.05, 4.69) is 13.8 Å². The quantitative estimate of drug-likeness (QED) is 0.742. The highest BCUT2D eigenvalue weighted by molar-refractivity contribution is 5.74. The molecule has 0 aromatic carbocycles. The van der Waals surface area contributed by atoms with E-state index in [0.29, 0.717) is 17.9 Å². The molecule has 3 nitrogen and oxygen atoms in total. The first-order chi connectivity index (χ1) is 8.90. The van der Waals surface area contributed by atoms with Crippen molar-refractivity contribution in [3.8, 4) is 0 Å². The maximum absolute atomic E-state index is 11.6. The van der Waals surface area contributed by atoms with Gasteiger partial charge in [0.25, 0.3) is 0 Å². The molecule has 1 N–H and O–H groups in total. The zero-order chi connectivity index (χ0) is 13.7. The van der Waals surface area contributed by atoms with Gasteiger partial charge in [-0.25, -0.2) is 0 Å². The number of carbonyl (C=O) groups is 1. The van der Waals surface area contributed by atoms with Gasteiger partial charge in [0.15, 0.2) is 0 Å². The topological polar surface area (TPSA) is 46.5 Å². The van der Waals surface area contributed by atoms with Crippen LogP contribution in [0.25, 0.3) is 0 Å². The molecule has 3 aliphatic rings. The summed E-state index contributed by atoms with van der Waals surface area (Å²) in [6, 6.07) is 0. The lowest BCUT2D eigenvalue weighted by Gasteiger charge is -2.47. The molecule has 108 valence electrons. The molecule has 0 amide bonds. The number of carbonyl (C=O) groups excluding carboxylic acids is 1. The summed E-state index contributed by atoms with van der Waals surface area (Å²) < 4.78 is 5.17. The van der Waals surface area contributed by atoms with Gasteiger partial charge in [0.1, 0.15) is 0 Å². The van der Waals surface area contributed by atoms with E-state index >= 15 is 0 Å². The summed E-state index contributed by atoms with van der Waals surface area (Å²) in [5.41, 5.74) is -0.190. The van der Waals surface area contributed by atoms with Gasteiger partial charge in [0.2, 0.25) is 0 Å². The van der Waals surface area contributed by atoms with E-state index < -0.39 is 5.60 Å². The summed E-state index contributed by atoms with van der Waals surface area (Å²) in [4.78, 5) is 11.6. The molecule has 3 rings (SSSR count). The van der Waals surface area contributed by atoms with Crippen LogP contribution in [-0.4, -0.2) is 23.3 Å². The van der Waals surface area contributed by atoms with Gasteiger partial charge in [-0.15, -0.1) is 0 Å². The second-order valence-electron chi connectivity index (χ2n) is 7.80. The van der Waals surface area contributed by atoms with Crippen LogP contribution in [0.15, 0.2) is 0 Å². The number of hydrogen-bond acceptors (Lipinski definition) is 3. The summed E-state index contributed by atoms with van der Waals surface area (Å²) in [6.45, 7) is 5.16. The molecule has 2 saturated carbocycles. The van der Waals surface area contributed by atoms with Crippen molar-refractivity contribution in [2.24, 2.45) is 23.2 Å². The third-order valence-corrected chi connectivity index (χ3v) is 5.78. The highest BCUT2D eigenvalue weighted by Crippen LogP contribution is 2.50. The molecule has 0 spiro atoms. The zero-order valence-electron chi connectivity index (χ0n) is 12.2. The van der Waals surface area contributed by atoms with Crippen LogP contribution in [0, 0.1) is 23.2 Å². The second kappa shape index (κ2) is 4.47. The molecule has 2 aliphatic carbocycles. The second-order valence-corrected chi connectivity index (χ2v) is 7.80. The first-order valence-corrected chi connectivity index (χ1v) is 7.79. The third kappa shape index (κ3) is 2.42. The van der Waals surface area contributed by atoms with Gasteiger partial charge < -0.3 is 9.84 Å². The monoisotopic (exact) mass is 266 g/mol. The van der Waals surface area contributed by atoms with Crippen molar-refractivity contribution in [3.63, 3.8) is 0 Å². The van der Waals surface area contributed by atoms with Crippen molar-refractivity contribution in [2.75, 3.05) is 6.61 Å². The minimum atomic E-state index is -0.549.